The normalized spacial score (nSPS) is 12.7. The summed E-state index contributed by atoms with van der Waals surface area (Å²) in [7, 11) is 0. The van der Waals surface area contributed by atoms with Crippen molar-refractivity contribution in [1.29, 1.82) is 0 Å². The van der Waals surface area contributed by atoms with Gasteiger partial charge >= 0.3 is 0 Å². The molecule has 0 spiro atoms. The molecule has 45 heavy (non-hydrogen) atoms. The van der Waals surface area contributed by atoms with E-state index in [1.165, 1.54) is 77.3 Å². The van der Waals surface area contributed by atoms with Crippen molar-refractivity contribution in [2.75, 3.05) is 0 Å². The Morgan fingerprint density at radius 2 is 1.42 bits per heavy atom. The number of fused-ring (bicyclic) bond motifs is 1. The van der Waals surface area contributed by atoms with Crippen LogP contribution in [0.3, 0.4) is 0 Å². The van der Waals surface area contributed by atoms with Crippen LogP contribution in [0.15, 0.2) is 60.6 Å². The van der Waals surface area contributed by atoms with Crippen molar-refractivity contribution < 1.29 is 4.79 Å². The third-order valence-corrected chi connectivity index (χ3v) is 8.45. The molecule has 1 aliphatic carbocycles. The van der Waals surface area contributed by atoms with E-state index in [1.807, 2.05) is 53.8 Å². The van der Waals surface area contributed by atoms with Gasteiger partial charge in [-0.05, 0) is 128 Å². The lowest BCUT2D eigenvalue weighted by atomic mass is 9.60. The fraction of sp³-hybridized carbons (Fsp3) is 0.488. The number of rotatable bonds is 7. The molecule has 0 atom stereocenters. The molecule has 0 saturated heterocycles. The first-order chi connectivity index (χ1) is 21.3. The Hall–Kier alpha value is -3.26. The summed E-state index contributed by atoms with van der Waals surface area (Å²) in [5, 5.41) is 2.32. The van der Waals surface area contributed by atoms with E-state index in [4.69, 9.17) is 0 Å². The molecule has 0 amide bonds. The predicted octanol–water partition coefficient (Wildman–Crippen LogP) is 12.2. The molecule has 2 aromatic rings. The van der Waals surface area contributed by atoms with E-state index < -0.39 is 0 Å². The van der Waals surface area contributed by atoms with Crippen LogP contribution < -0.4 is 10.6 Å². The number of benzene rings is 2. The molecule has 1 fully saturated rings. The minimum atomic E-state index is 0.0185. The second kappa shape index (κ2) is 22.3. The molecule has 2 nitrogen and oxygen atoms in total. The Morgan fingerprint density at radius 3 is 1.76 bits per heavy atom. The molecular formula is C43H67NO. The van der Waals surface area contributed by atoms with Crippen LogP contribution in [-0.4, -0.2) is 5.78 Å². The van der Waals surface area contributed by atoms with E-state index in [-0.39, 0.29) is 5.78 Å². The zero-order valence-electron chi connectivity index (χ0n) is 31.9. The van der Waals surface area contributed by atoms with Gasteiger partial charge in [0.05, 0.1) is 5.36 Å². The van der Waals surface area contributed by atoms with Gasteiger partial charge in [-0.3, -0.25) is 9.79 Å². The van der Waals surface area contributed by atoms with Gasteiger partial charge in [-0.25, -0.2) is 0 Å². The number of carbonyl (C=O) groups excluding carboxylic acids is 1. The van der Waals surface area contributed by atoms with Crippen LogP contribution in [0.4, 0.5) is 0 Å². The second-order valence-electron chi connectivity index (χ2n) is 11.5. The standard InChI is InChI=1S/C24H25N.C9H18.C4H6O.3C2H6/c1-8-19-12-20(10-9-15(19)4)18(7)23(14(2)3)24-17(6)16(5)11-22-21(24)13-25-22;1-4-9(5-2)6-8(3)7-9;1-3-4(2)5;3*1-2/h8-13H,1,7H2,2-6H3;8H,4-7H2,1-3H3;3H,1H2,2H3;3*1-2H3. The fourth-order valence-electron chi connectivity index (χ4n) is 5.69. The molecule has 1 heterocycles. The summed E-state index contributed by atoms with van der Waals surface area (Å²) < 4.78 is 0. The molecule has 2 aromatic carbocycles. The van der Waals surface area contributed by atoms with Crippen LogP contribution >= 0.6 is 0 Å². The third kappa shape index (κ3) is 12.2. The molecule has 250 valence electrons. The van der Waals surface area contributed by atoms with E-state index in [0.717, 1.165) is 33.4 Å². The summed E-state index contributed by atoms with van der Waals surface area (Å²) in [4.78, 5) is 14.1. The second-order valence-corrected chi connectivity index (χ2v) is 11.5. The molecule has 1 aliphatic heterocycles. The number of allylic oxidation sites excluding steroid dienone is 4. The number of hydrogen-bond donors (Lipinski definition) is 0. The average molecular weight is 614 g/mol. The first-order valence-electron chi connectivity index (χ1n) is 17.3. The number of nitrogens with zero attached hydrogens (tertiary/aromatic N) is 1. The Balaban J connectivity index is 0. The lowest BCUT2D eigenvalue weighted by Crippen LogP contribution is -2.35. The number of hydrogen-bond acceptors (Lipinski definition) is 2. The highest BCUT2D eigenvalue weighted by atomic mass is 16.1. The lowest BCUT2D eigenvalue weighted by Gasteiger charge is -2.45. The van der Waals surface area contributed by atoms with Crippen LogP contribution in [0.1, 0.15) is 142 Å². The average Bonchev–Trinajstić information content (AvgIpc) is 3.03. The summed E-state index contributed by atoms with van der Waals surface area (Å²) >= 11 is 0. The van der Waals surface area contributed by atoms with E-state index in [0.29, 0.717) is 0 Å². The van der Waals surface area contributed by atoms with E-state index in [9.17, 15) is 4.79 Å². The van der Waals surface area contributed by atoms with Gasteiger partial charge in [-0.1, -0.05) is 119 Å². The molecule has 0 radical (unpaired) electrons. The number of carbonyl (C=O) groups is 1. The van der Waals surface area contributed by atoms with Gasteiger partial charge in [-0.2, -0.15) is 0 Å². The van der Waals surface area contributed by atoms with Crippen LogP contribution in [-0.2, 0) is 4.79 Å². The topological polar surface area (TPSA) is 29.4 Å². The van der Waals surface area contributed by atoms with Crippen molar-refractivity contribution in [3.63, 3.8) is 0 Å². The molecule has 0 aromatic heterocycles. The van der Waals surface area contributed by atoms with Gasteiger partial charge in [0.15, 0.2) is 5.78 Å². The SMILES string of the molecule is C=CC(C)=O.C=Cc1cc(C(=C)C(=C(C)C)c2c(C)c(C)cc3c2=CN=3)ccc1C.CC.CC.CC.CCC1(CC)CC(C)C1. The largest absolute Gasteiger partial charge is 0.295 e. The number of ketones is 1. The minimum absolute atomic E-state index is 0.0185. The highest BCUT2D eigenvalue weighted by molar-refractivity contribution is 6.06. The van der Waals surface area contributed by atoms with Gasteiger partial charge in [0.25, 0.3) is 0 Å². The molecule has 2 aliphatic rings. The maximum atomic E-state index is 9.69. The lowest BCUT2D eigenvalue weighted by molar-refractivity contribution is -0.112. The monoisotopic (exact) mass is 614 g/mol. The highest BCUT2D eigenvalue weighted by Gasteiger charge is 2.38. The van der Waals surface area contributed by atoms with Gasteiger partial charge in [-0.15, -0.1) is 0 Å². The van der Waals surface area contributed by atoms with Crippen molar-refractivity contribution in [3.05, 3.63) is 99.6 Å². The van der Waals surface area contributed by atoms with E-state index in [2.05, 4.69) is 104 Å². The Morgan fingerprint density at radius 1 is 0.911 bits per heavy atom. The summed E-state index contributed by atoms with van der Waals surface area (Å²) in [5.41, 5.74) is 11.7. The maximum Gasteiger partial charge on any atom is 0.152 e. The highest BCUT2D eigenvalue weighted by Crippen LogP contribution is 2.50. The van der Waals surface area contributed by atoms with Crippen molar-refractivity contribution in [3.8, 4) is 0 Å². The van der Waals surface area contributed by atoms with Gasteiger partial charge < -0.3 is 0 Å². The molecule has 1 saturated carbocycles. The zero-order valence-corrected chi connectivity index (χ0v) is 31.9. The van der Waals surface area contributed by atoms with Crippen molar-refractivity contribution >= 4 is 29.2 Å². The Labute approximate surface area is 278 Å². The summed E-state index contributed by atoms with van der Waals surface area (Å²) in [6.07, 6.45) is 10.9. The Bertz CT molecular complexity index is 1400. The Kier molecular flexibility index (Phi) is 21.7. The van der Waals surface area contributed by atoms with Crippen LogP contribution in [0.25, 0.3) is 23.4 Å². The smallest absolute Gasteiger partial charge is 0.152 e. The quantitative estimate of drug-likeness (QED) is 0.226. The maximum absolute atomic E-state index is 9.69. The van der Waals surface area contributed by atoms with Gasteiger partial charge in [0.1, 0.15) is 0 Å². The van der Waals surface area contributed by atoms with Crippen LogP contribution in [0.5, 0.6) is 0 Å². The summed E-state index contributed by atoms with van der Waals surface area (Å²) in [6, 6.07) is 8.64. The predicted molar refractivity (Wildman–Crippen MR) is 206 cm³/mol. The first kappa shape index (κ1) is 43.9. The molecule has 0 unspecified atom stereocenters. The minimum Gasteiger partial charge on any atom is -0.295 e. The van der Waals surface area contributed by atoms with Gasteiger partial charge in [0.2, 0.25) is 0 Å². The molecule has 2 heteroatoms. The zero-order chi connectivity index (χ0) is 35.5. The number of aryl methyl sites for hydroxylation is 2. The first-order valence-corrected chi connectivity index (χ1v) is 17.3. The van der Waals surface area contributed by atoms with Gasteiger partial charge in [0, 0.05) is 11.4 Å². The fourth-order valence-corrected chi connectivity index (χ4v) is 5.69. The van der Waals surface area contributed by atoms with Crippen molar-refractivity contribution in [2.45, 2.75) is 130 Å². The van der Waals surface area contributed by atoms with E-state index in [1.54, 1.807) is 0 Å². The molecule has 0 bridgehead atoms. The molecule has 0 N–H and O–H groups in total. The van der Waals surface area contributed by atoms with Crippen LogP contribution in [0.2, 0.25) is 0 Å². The van der Waals surface area contributed by atoms with Crippen molar-refractivity contribution in [1.82, 2.24) is 0 Å². The molecule has 4 rings (SSSR count). The van der Waals surface area contributed by atoms with Crippen LogP contribution in [0, 0.1) is 32.1 Å². The summed E-state index contributed by atoms with van der Waals surface area (Å²) in [5.74, 6) is 1.04. The van der Waals surface area contributed by atoms with E-state index >= 15 is 0 Å². The third-order valence-electron chi connectivity index (χ3n) is 8.45. The molecular weight excluding hydrogens is 546 g/mol. The van der Waals surface area contributed by atoms with Crippen molar-refractivity contribution in [2.24, 2.45) is 16.3 Å². The summed E-state index contributed by atoms with van der Waals surface area (Å²) in [6.45, 7) is 42.9.